The number of hydrogen-bond donors (Lipinski definition) is 0. The largest absolute Gasteiger partial charge is 0.296 e. The van der Waals surface area contributed by atoms with Crippen LogP contribution in [0.5, 0.6) is 0 Å². The molecule has 0 unspecified atom stereocenters. The topological polar surface area (TPSA) is 17.8 Å². The summed E-state index contributed by atoms with van der Waals surface area (Å²) in [5.41, 5.74) is 8.18. The van der Waals surface area contributed by atoms with Crippen LogP contribution in [0.4, 0.5) is 0 Å². The van der Waals surface area contributed by atoms with Crippen LogP contribution in [0, 0.1) is 6.92 Å². The van der Waals surface area contributed by atoms with Crippen LogP contribution in [0.25, 0.3) is 82.1 Å². The van der Waals surface area contributed by atoms with E-state index in [1.54, 1.807) is 0 Å². The molecule has 42 heavy (non-hydrogen) atoms. The minimum Gasteiger partial charge on any atom is -0.296 e. The molecule has 2 nitrogen and oxygen atoms in total. The van der Waals surface area contributed by atoms with Crippen LogP contribution in [0.3, 0.4) is 0 Å². The molecule has 196 valence electrons. The highest BCUT2D eigenvalue weighted by Crippen LogP contribution is 2.40. The van der Waals surface area contributed by atoms with Gasteiger partial charge in [0.1, 0.15) is 5.82 Å². The van der Waals surface area contributed by atoms with E-state index in [0.717, 1.165) is 22.5 Å². The van der Waals surface area contributed by atoms with E-state index in [1.165, 1.54) is 65.3 Å². The van der Waals surface area contributed by atoms with Crippen LogP contribution in [-0.2, 0) is 0 Å². The molecule has 0 saturated carbocycles. The maximum Gasteiger partial charge on any atom is 0.111 e. The van der Waals surface area contributed by atoms with E-state index in [-0.39, 0.29) is 0 Å². The van der Waals surface area contributed by atoms with E-state index >= 15 is 0 Å². The fraction of sp³-hybridized carbons (Fsp3) is 0.0250. The van der Waals surface area contributed by atoms with E-state index < -0.39 is 0 Å². The van der Waals surface area contributed by atoms with Gasteiger partial charge >= 0.3 is 0 Å². The quantitative estimate of drug-likeness (QED) is 0.206. The van der Waals surface area contributed by atoms with Crippen molar-refractivity contribution in [3.05, 3.63) is 145 Å². The van der Waals surface area contributed by atoms with Crippen molar-refractivity contribution in [3.8, 4) is 27.9 Å². The molecule has 2 heteroatoms. The molecule has 0 radical (unpaired) electrons. The molecule has 0 atom stereocenters. The lowest BCUT2D eigenvalue weighted by atomic mass is 9.89. The first-order chi connectivity index (χ1) is 20.7. The molecule has 1 aromatic heterocycles. The predicted octanol–water partition coefficient (Wildman–Crippen LogP) is 10.7. The number of rotatable bonds is 3. The number of fused-ring (bicyclic) bond motifs is 3. The Balaban J connectivity index is 1.21. The number of benzene rings is 8. The Bertz CT molecular complexity index is 2460. The molecule has 8 aromatic carbocycles. The molecule has 1 heterocycles. The second-order valence-electron chi connectivity index (χ2n) is 11.2. The SMILES string of the molecule is Cc1nc2ccc3ccccc3c2n1-c1cccc(-c2cccc(-c3ccc4ccc5cccc6ccc3c4c56)c2)c1. The lowest BCUT2D eigenvalue weighted by Crippen LogP contribution is -1.97. The van der Waals surface area contributed by atoms with Crippen LogP contribution in [-0.4, -0.2) is 9.55 Å². The molecule has 0 aliphatic carbocycles. The Morgan fingerprint density at radius 2 is 1.12 bits per heavy atom. The number of nitrogens with zero attached hydrogens (tertiary/aromatic N) is 2. The molecular weight excluding hydrogens is 508 g/mol. The molecule has 0 aliphatic rings. The maximum absolute atomic E-state index is 4.92. The van der Waals surface area contributed by atoms with E-state index in [0.29, 0.717) is 0 Å². The van der Waals surface area contributed by atoms with Gasteiger partial charge in [0.25, 0.3) is 0 Å². The summed E-state index contributed by atoms with van der Waals surface area (Å²) in [6.45, 7) is 2.09. The van der Waals surface area contributed by atoms with Gasteiger partial charge in [0, 0.05) is 11.1 Å². The lowest BCUT2D eigenvalue weighted by Gasteiger charge is -2.15. The average Bonchev–Trinajstić information content (AvgIpc) is 3.40. The van der Waals surface area contributed by atoms with Gasteiger partial charge in [-0.2, -0.15) is 0 Å². The van der Waals surface area contributed by atoms with Gasteiger partial charge in [-0.1, -0.05) is 115 Å². The zero-order chi connectivity index (χ0) is 27.8. The molecule has 0 bridgehead atoms. The van der Waals surface area contributed by atoms with Crippen molar-refractivity contribution in [2.45, 2.75) is 6.92 Å². The molecule has 0 N–H and O–H groups in total. The fourth-order valence-electron chi connectivity index (χ4n) is 6.95. The van der Waals surface area contributed by atoms with Gasteiger partial charge in [-0.3, -0.25) is 4.57 Å². The molecule has 0 spiro atoms. The maximum atomic E-state index is 4.92. The Kier molecular flexibility index (Phi) is 4.85. The third-order valence-electron chi connectivity index (χ3n) is 8.85. The van der Waals surface area contributed by atoms with Crippen molar-refractivity contribution in [1.82, 2.24) is 9.55 Å². The summed E-state index contributed by atoms with van der Waals surface area (Å²) in [4.78, 5) is 4.92. The van der Waals surface area contributed by atoms with Crippen molar-refractivity contribution < 1.29 is 0 Å². The Morgan fingerprint density at radius 1 is 0.476 bits per heavy atom. The van der Waals surface area contributed by atoms with Crippen molar-refractivity contribution in [1.29, 1.82) is 0 Å². The first-order valence-corrected chi connectivity index (χ1v) is 14.5. The van der Waals surface area contributed by atoms with Crippen molar-refractivity contribution in [2.75, 3.05) is 0 Å². The normalized spacial score (nSPS) is 11.9. The third-order valence-corrected chi connectivity index (χ3v) is 8.85. The van der Waals surface area contributed by atoms with Gasteiger partial charge in [-0.05, 0) is 91.1 Å². The summed E-state index contributed by atoms with van der Waals surface area (Å²) >= 11 is 0. The first-order valence-electron chi connectivity index (χ1n) is 14.5. The van der Waals surface area contributed by atoms with Crippen LogP contribution in [0.1, 0.15) is 5.82 Å². The number of hydrogen-bond acceptors (Lipinski definition) is 1. The van der Waals surface area contributed by atoms with Gasteiger partial charge in [0.2, 0.25) is 0 Å². The summed E-state index contributed by atoms with van der Waals surface area (Å²) in [5.74, 6) is 0.987. The molecule has 9 rings (SSSR count). The summed E-state index contributed by atoms with van der Waals surface area (Å²) < 4.78 is 2.30. The highest BCUT2D eigenvalue weighted by atomic mass is 15.1. The number of aryl methyl sites for hydroxylation is 1. The molecule has 9 aromatic rings. The summed E-state index contributed by atoms with van der Waals surface area (Å²) in [6.07, 6.45) is 0. The van der Waals surface area contributed by atoms with Crippen molar-refractivity contribution in [3.63, 3.8) is 0 Å². The molecular formula is C40H26N2. The zero-order valence-corrected chi connectivity index (χ0v) is 23.2. The van der Waals surface area contributed by atoms with Gasteiger partial charge in [0.15, 0.2) is 0 Å². The fourth-order valence-corrected chi connectivity index (χ4v) is 6.95. The van der Waals surface area contributed by atoms with Crippen LogP contribution in [0.15, 0.2) is 140 Å². The summed E-state index contributed by atoms with van der Waals surface area (Å²) in [5, 5.41) is 10.3. The van der Waals surface area contributed by atoms with E-state index in [1.807, 2.05) is 0 Å². The molecule has 0 amide bonds. The molecule has 0 fully saturated rings. The lowest BCUT2D eigenvalue weighted by molar-refractivity contribution is 1.00. The second-order valence-corrected chi connectivity index (χ2v) is 11.2. The first kappa shape index (κ1) is 23.3. The molecule has 0 aliphatic heterocycles. The van der Waals surface area contributed by atoms with Crippen LogP contribution in [0.2, 0.25) is 0 Å². The minimum atomic E-state index is 0.987. The Morgan fingerprint density at radius 3 is 2.00 bits per heavy atom. The number of imidazole rings is 1. The van der Waals surface area contributed by atoms with Crippen molar-refractivity contribution in [2.24, 2.45) is 0 Å². The van der Waals surface area contributed by atoms with E-state index in [2.05, 4.69) is 151 Å². The van der Waals surface area contributed by atoms with Crippen LogP contribution < -0.4 is 0 Å². The Hall–Kier alpha value is -5.47. The van der Waals surface area contributed by atoms with E-state index in [4.69, 9.17) is 4.98 Å². The van der Waals surface area contributed by atoms with Gasteiger partial charge in [0.05, 0.1) is 11.0 Å². The second kappa shape index (κ2) is 8.76. The molecule has 0 saturated heterocycles. The van der Waals surface area contributed by atoms with Gasteiger partial charge in [-0.25, -0.2) is 4.98 Å². The Labute approximate surface area is 243 Å². The van der Waals surface area contributed by atoms with E-state index in [9.17, 15) is 0 Å². The van der Waals surface area contributed by atoms with Crippen LogP contribution >= 0.6 is 0 Å². The standard InChI is InChI=1S/C40H26N2/c1-25-41-37-22-19-26-7-2-3-14-35(26)40(37)42(25)33-13-6-11-31(24-33)30-10-5-12-32(23-30)34-20-17-29-16-15-27-8-4-9-28-18-21-36(34)39(29)38(27)28/h2-24H,1H3. The average molecular weight is 535 g/mol. The summed E-state index contributed by atoms with van der Waals surface area (Å²) in [7, 11) is 0. The van der Waals surface area contributed by atoms with Crippen molar-refractivity contribution >= 4 is 54.1 Å². The van der Waals surface area contributed by atoms with Gasteiger partial charge < -0.3 is 0 Å². The summed E-state index contributed by atoms with van der Waals surface area (Å²) in [6, 6.07) is 50.9. The monoisotopic (exact) mass is 534 g/mol. The van der Waals surface area contributed by atoms with Gasteiger partial charge in [-0.15, -0.1) is 0 Å². The highest BCUT2D eigenvalue weighted by molar-refractivity contribution is 6.25. The minimum absolute atomic E-state index is 0.987. The highest BCUT2D eigenvalue weighted by Gasteiger charge is 2.15. The zero-order valence-electron chi connectivity index (χ0n) is 23.2. The predicted molar refractivity (Wildman–Crippen MR) is 178 cm³/mol. The smallest absolute Gasteiger partial charge is 0.111 e. The third kappa shape index (κ3) is 3.36. The number of aromatic nitrogens is 2.